The Labute approximate surface area is 165 Å². The van der Waals surface area contributed by atoms with Gasteiger partial charge in [0.05, 0.1) is 5.69 Å². The number of sulfonamides is 1. The van der Waals surface area contributed by atoms with E-state index in [0.717, 1.165) is 10.1 Å². The molecule has 0 fully saturated rings. The standard InChI is InChI=1S/C17H19ClN2O3S3/c1-4-17(21,5-2)14-9-24-16(19-14)20-26(22,23)15-10(3)12-8-11(18)6-7-13(12)25-15/h6-9,21H,4-5H2,1-3H3,(H,19,20). The van der Waals surface area contributed by atoms with Gasteiger partial charge in [-0.25, -0.2) is 13.4 Å². The summed E-state index contributed by atoms with van der Waals surface area (Å²) in [5, 5.41) is 13.9. The molecule has 9 heteroatoms. The number of aryl methyl sites for hydroxylation is 1. The van der Waals surface area contributed by atoms with E-state index in [1.54, 1.807) is 24.4 Å². The molecule has 0 bridgehead atoms. The Morgan fingerprint density at radius 2 is 2.00 bits per heavy atom. The van der Waals surface area contributed by atoms with Crippen LogP contribution in [-0.2, 0) is 15.6 Å². The van der Waals surface area contributed by atoms with Crippen molar-refractivity contribution < 1.29 is 13.5 Å². The van der Waals surface area contributed by atoms with Gasteiger partial charge in [0.25, 0.3) is 10.0 Å². The van der Waals surface area contributed by atoms with Gasteiger partial charge in [0.15, 0.2) is 5.13 Å². The molecule has 0 saturated heterocycles. The molecule has 0 atom stereocenters. The Kier molecular flexibility index (Phi) is 5.33. The molecular formula is C17H19ClN2O3S3. The molecular weight excluding hydrogens is 412 g/mol. The fourth-order valence-electron chi connectivity index (χ4n) is 2.73. The van der Waals surface area contributed by atoms with Crippen molar-refractivity contribution in [2.24, 2.45) is 0 Å². The summed E-state index contributed by atoms with van der Waals surface area (Å²) in [5.41, 5.74) is 0.116. The van der Waals surface area contributed by atoms with Gasteiger partial charge in [0, 0.05) is 15.1 Å². The minimum Gasteiger partial charge on any atom is -0.384 e. The quantitative estimate of drug-likeness (QED) is 0.568. The number of nitrogens with one attached hydrogen (secondary N) is 1. The van der Waals surface area contributed by atoms with Crippen molar-refractivity contribution in [3.05, 3.63) is 39.9 Å². The van der Waals surface area contributed by atoms with Crippen LogP contribution in [0.15, 0.2) is 27.8 Å². The molecule has 26 heavy (non-hydrogen) atoms. The van der Waals surface area contributed by atoms with E-state index in [1.807, 2.05) is 19.9 Å². The summed E-state index contributed by atoms with van der Waals surface area (Å²) in [6, 6.07) is 5.33. The van der Waals surface area contributed by atoms with E-state index >= 15 is 0 Å². The number of hydrogen-bond acceptors (Lipinski definition) is 6. The van der Waals surface area contributed by atoms with Crippen molar-refractivity contribution in [2.45, 2.75) is 43.4 Å². The van der Waals surface area contributed by atoms with Crippen LogP contribution in [0.2, 0.25) is 5.02 Å². The summed E-state index contributed by atoms with van der Waals surface area (Å²) in [6.07, 6.45) is 1.02. The topological polar surface area (TPSA) is 79.3 Å². The number of halogens is 1. The maximum atomic E-state index is 12.8. The number of nitrogens with zero attached hydrogens (tertiary/aromatic N) is 1. The van der Waals surface area contributed by atoms with Gasteiger partial charge in [-0.1, -0.05) is 25.4 Å². The van der Waals surface area contributed by atoms with Gasteiger partial charge >= 0.3 is 0 Å². The third-order valence-corrected chi connectivity index (χ3v) is 8.83. The van der Waals surface area contributed by atoms with E-state index in [2.05, 4.69) is 9.71 Å². The summed E-state index contributed by atoms with van der Waals surface area (Å²) in [6.45, 7) is 5.51. The van der Waals surface area contributed by atoms with Crippen LogP contribution in [0.1, 0.15) is 37.9 Å². The lowest BCUT2D eigenvalue weighted by Crippen LogP contribution is -2.24. The normalized spacial score (nSPS) is 12.7. The maximum Gasteiger partial charge on any atom is 0.273 e. The lowest BCUT2D eigenvalue weighted by atomic mass is 9.94. The number of thiazole rings is 1. The molecule has 0 spiro atoms. The largest absolute Gasteiger partial charge is 0.384 e. The number of hydrogen-bond donors (Lipinski definition) is 2. The highest BCUT2D eigenvalue weighted by molar-refractivity contribution is 7.95. The Bertz CT molecular complexity index is 1050. The number of fused-ring (bicyclic) bond motifs is 1. The number of rotatable bonds is 6. The van der Waals surface area contributed by atoms with Crippen molar-refractivity contribution in [1.82, 2.24) is 4.98 Å². The van der Waals surface area contributed by atoms with Crippen LogP contribution in [-0.4, -0.2) is 18.5 Å². The maximum absolute atomic E-state index is 12.8. The van der Waals surface area contributed by atoms with Gasteiger partial charge in [0.2, 0.25) is 0 Å². The second-order valence-electron chi connectivity index (χ2n) is 6.04. The fraction of sp³-hybridized carbons (Fsp3) is 0.353. The third kappa shape index (κ3) is 3.48. The minimum absolute atomic E-state index is 0.243. The van der Waals surface area contributed by atoms with Gasteiger partial charge in [0.1, 0.15) is 9.81 Å². The first-order chi connectivity index (χ1) is 12.2. The molecule has 2 N–H and O–H groups in total. The van der Waals surface area contributed by atoms with E-state index in [9.17, 15) is 13.5 Å². The molecule has 0 saturated carbocycles. The molecule has 0 aliphatic heterocycles. The number of thiophene rings is 1. The van der Waals surface area contributed by atoms with Crippen LogP contribution in [0.5, 0.6) is 0 Å². The van der Waals surface area contributed by atoms with Crippen LogP contribution in [0.25, 0.3) is 10.1 Å². The van der Waals surface area contributed by atoms with E-state index in [4.69, 9.17) is 11.6 Å². The Morgan fingerprint density at radius 1 is 1.31 bits per heavy atom. The highest BCUT2D eigenvalue weighted by Gasteiger charge is 2.29. The van der Waals surface area contributed by atoms with Crippen molar-refractivity contribution in [2.75, 3.05) is 4.72 Å². The van der Waals surface area contributed by atoms with Gasteiger partial charge in [-0.15, -0.1) is 22.7 Å². The molecule has 0 unspecified atom stereocenters. The van der Waals surface area contributed by atoms with Crippen molar-refractivity contribution in [1.29, 1.82) is 0 Å². The van der Waals surface area contributed by atoms with Gasteiger partial charge in [-0.05, 0) is 48.9 Å². The van der Waals surface area contributed by atoms with Gasteiger partial charge in [-0.3, -0.25) is 4.72 Å². The predicted octanol–water partition coefficient (Wildman–Crippen LogP) is 5.13. The summed E-state index contributed by atoms with van der Waals surface area (Å²) in [5.74, 6) is 0. The molecule has 0 radical (unpaired) electrons. The monoisotopic (exact) mass is 430 g/mol. The van der Waals surface area contributed by atoms with Gasteiger partial charge < -0.3 is 5.11 Å². The smallest absolute Gasteiger partial charge is 0.273 e. The molecule has 140 valence electrons. The van der Waals surface area contributed by atoms with Crippen LogP contribution < -0.4 is 4.72 Å². The average molecular weight is 431 g/mol. The molecule has 0 aliphatic rings. The summed E-state index contributed by atoms with van der Waals surface area (Å²) < 4.78 is 29.3. The van der Waals surface area contributed by atoms with Crippen molar-refractivity contribution in [3.63, 3.8) is 0 Å². The second-order valence-corrected chi connectivity index (χ2v) is 10.3. The first-order valence-electron chi connectivity index (χ1n) is 8.10. The Hall–Kier alpha value is -1.19. The zero-order chi connectivity index (χ0) is 19.1. The fourth-order valence-corrected chi connectivity index (χ4v) is 6.71. The lowest BCUT2D eigenvalue weighted by molar-refractivity contribution is 0.0247. The lowest BCUT2D eigenvalue weighted by Gasteiger charge is -2.22. The van der Waals surface area contributed by atoms with Crippen LogP contribution in [0.4, 0.5) is 5.13 Å². The predicted molar refractivity (Wildman–Crippen MR) is 109 cm³/mol. The molecule has 2 aromatic heterocycles. The molecule has 0 amide bonds. The highest BCUT2D eigenvalue weighted by atomic mass is 35.5. The summed E-state index contributed by atoms with van der Waals surface area (Å²) in [7, 11) is -3.77. The second kappa shape index (κ2) is 7.09. The van der Waals surface area contributed by atoms with Crippen LogP contribution in [0.3, 0.4) is 0 Å². The molecule has 5 nitrogen and oxygen atoms in total. The van der Waals surface area contributed by atoms with Crippen molar-refractivity contribution in [3.8, 4) is 0 Å². The highest BCUT2D eigenvalue weighted by Crippen LogP contribution is 2.37. The average Bonchev–Trinajstić information content (AvgIpc) is 3.19. The molecule has 0 aliphatic carbocycles. The minimum atomic E-state index is -3.77. The van der Waals surface area contributed by atoms with E-state index < -0.39 is 15.6 Å². The molecule has 2 heterocycles. The Morgan fingerprint density at radius 3 is 2.65 bits per heavy atom. The first-order valence-corrected chi connectivity index (χ1v) is 11.7. The Balaban J connectivity index is 1.95. The molecule has 3 aromatic rings. The van der Waals surface area contributed by atoms with E-state index in [1.165, 1.54) is 22.7 Å². The summed E-state index contributed by atoms with van der Waals surface area (Å²) in [4.78, 5) is 4.29. The van der Waals surface area contributed by atoms with E-state index in [-0.39, 0.29) is 9.34 Å². The molecule has 3 rings (SSSR count). The zero-order valence-corrected chi connectivity index (χ0v) is 17.7. The van der Waals surface area contributed by atoms with Crippen LogP contribution in [0, 0.1) is 6.92 Å². The number of aromatic nitrogens is 1. The number of benzene rings is 1. The van der Waals surface area contributed by atoms with Gasteiger partial charge in [-0.2, -0.15) is 0 Å². The van der Waals surface area contributed by atoms with Crippen molar-refractivity contribution >= 4 is 59.5 Å². The third-order valence-electron chi connectivity index (χ3n) is 4.47. The molecule has 1 aromatic carbocycles. The van der Waals surface area contributed by atoms with Crippen LogP contribution >= 0.6 is 34.3 Å². The van der Waals surface area contributed by atoms with E-state index in [0.29, 0.717) is 29.1 Å². The number of aliphatic hydroxyl groups is 1. The zero-order valence-electron chi connectivity index (χ0n) is 14.5. The SMILES string of the molecule is CCC(O)(CC)c1csc(NS(=O)(=O)c2sc3ccc(Cl)cc3c2C)n1. The number of anilines is 1. The first kappa shape index (κ1) is 19.6. The summed E-state index contributed by atoms with van der Waals surface area (Å²) >= 11 is 8.39.